The summed E-state index contributed by atoms with van der Waals surface area (Å²) in [7, 11) is 0. The van der Waals surface area contributed by atoms with Crippen LogP contribution in [0.1, 0.15) is 18.4 Å². The van der Waals surface area contributed by atoms with E-state index in [1.165, 1.54) is 0 Å². The Balaban J connectivity index is 1.98. The molecule has 100 valence electrons. The molecule has 5 heteroatoms. The van der Waals surface area contributed by atoms with E-state index in [2.05, 4.69) is 6.07 Å². The summed E-state index contributed by atoms with van der Waals surface area (Å²) < 4.78 is 0. The Kier molecular flexibility index (Phi) is 4.68. The Morgan fingerprint density at radius 3 is 2.68 bits per heavy atom. The number of carbonyl (C=O) groups excluding carboxylic acids is 1. The van der Waals surface area contributed by atoms with Gasteiger partial charge in [-0.3, -0.25) is 4.79 Å². The van der Waals surface area contributed by atoms with Crippen LogP contribution in [0.3, 0.4) is 0 Å². The monoisotopic (exact) mass is 296 g/mol. The second-order valence-electron chi connectivity index (χ2n) is 4.70. The third kappa shape index (κ3) is 3.62. The number of amides is 1. The molecule has 1 amide bonds. The maximum atomic E-state index is 12.2. The zero-order chi connectivity index (χ0) is 13.8. The Morgan fingerprint density at radius 2 is 2.05 bits per heavy atom. The molecular weight excluding hydrogens is 283 g/mol. The molecule has 2 rings (SSSR count). The van der Waals surface area contributed by atoms with Crippen LogP contribution in [0.2, 0.25) is 10.0 Å². The summed E-state index contributed by atoms with van der Waals surface area (Å²) in [6.45, 7) is 1.30. The average Bonchev–Trinajstić information content (AvgIpc) is 2.43. The maximum Gasteiger partial charge on any atom is 0.227 e. The minimum absolute atomic E-state index is 0.0422. The second kappa shape index (κ2) is 6.27. The van der Waals surface area contributed by atoms with Crippen molar-refractivity contribution in [2.24, 2.45) is 5.92 Å². The fraction of sp³-hybridized carbons (Fsp3) is 0.429. The summed E-state index contributed by atoms with van der Waals surface area (Å²) in [5.74, 6) is 0.124. The summed E-state index contributed by atoms with van der Waals surface area (Å²) in [5.41, 5.74) is 0.751. The van der Waals surface area contributed by atoms with Crippen LogP contribution in [0.15, 0.2) is 18.2 Å². The number of rotatable bonds is 2. The minimum Gasteiger partial charge on any atom is -0.342 e. The van der Waals surface area contributed by atoms with Gasteiger partial charge < -0.3 is 4.90 Å². The molecule has 0 aromatic heterocycles. The van der Waals surface area contributed by atoms with Gasteiger partial charge in [-0.05, 0) is 36.6 Å². The predicted octanol–water partition coefficient (Wildman–Crippen LogP) is 3.30. The van der Waals surface area contributed by atoms with Gasteiger partial charge in [-0.2, -0.15) is 5.26 Å². The molecule has 1 aliphatic rings. The highest BCUT2D eigenvalue weighted by Crippen LogP contribution is 2.23. The fourth-order valence-electron chi connectivity index (χ4n) is 2.21. The van der Waals surface area contributed by atoms with Crippen LogP contribution >= 0.6 is 23.2 Å². The Labute approximate surface area is 122 Å². The van der Waals surface area contributed by atoms with Crippen molar-refractivity contribution in [1.29, 1.82) is 5.26 Å². The summed E-state index contributed by atoms with van der Waals surface area (Å²) in [6.07, 6.45) is 1.77. The van der Waals surface area contributed by atoms with Crippen molar-refractivity contribution >= 4 is 29.1 Å². The molecule has 0 atom stereocenters. The predicted molar refractivity (Wildman–Crippen MR) is 75.1 cm³/mol. The SMILES string of the molecule is N#CC1CCN(C(=O)Cc2cc(Cl)ccc2Cl)CC1. The van der Waals surface area contributed by atoms with Gasteiger partial charge in [0, 0.05) is 29.1 Å². The Morgan fingerprint density at radius 1 is 1.37 bits per heavy atom. The van der Waals surface area contributed by atoms with E-state index in [4.69, 9.17) is 28.5 Å². The first-order valence-electron chi connectivity index (χ1n) is 6.21. The molecule has 0 spiro atoms. The second-order valence-corrected chi connectivity index (χ2v) is 5.54. The van der Waals surface area contributed by atoms with Gasteiger partial charge in [-0.1, -0.05) is 23.2 Å². The number of hydrogen-bond donors (Lipinski definition) is 0. The molecule has 1 aliphatic heterocycles. The molecule has 0 aliphatic carbocycles. The first kappa shape index (κ1) is 14.2. The van der Waals surface area contributed by atoms with Gasteiger partial charge in [0.15, 0.2) is 0 Å². The number of carbonyl (C=O) groups is 1. The molecule has 0 unspecified atom stereocenters. The van der Waals surface area contributed by atoms with E-state index >= 15 is 0 Å². The van der Waals surface area contributed by atoms with Crippen molar-refractivity contribution in [3.8, 4) is 6.07 Å². The Hall–Kier alpha value is -1.24. The highest BCUT2D eigenvalue weighted by atomic mass is 35.5. The lowest BCUT2D eigenvalue weighted by molar-refractivity contribution is -0.131. The van der Waals surface area contributed by atoms with Gasteiger partial charge in [0.1, 0.15) is 0 Å². The molecule has 0 bridgehead atoms. The molecule has 0 N–H and O–H groups in total. The van der Waals surface area contributed by atoms with E-state index in [0.717, 1.165) is 18.4 Å². The smallest absolute Gasteiger partial charge is 0.227 e. The van der Waals surface area contributed by atoms with Crippen LogP contribution in [0.25, 0.3) is 0 Å². The molecule has 0 radical (unpaired) electrons. The maximum absolute atomic E-state index is 12.2. The van der Waals surface area contributed by atoms with Crippen LogP contribution in [0.5, 0.6) is 0 Å². The fourth-order valence-corrected chi connectivity index (χ4v) is 2.59. The molecule has 1 heterocycles. The van der Waals surface area contributed by atoms with E-state index in [9.17, 15) is 4.79 Å². The van der Waals surface area contributed by atoms with Gasteiger partial charge in [0.05, 0.1) is 12.5 Å². The van der Waals surface area contributed by atoms with Gasteiger partial charge in [-0.15, -0.1) is 0 Å². The van der Waals surface area contributed by atoms with Crippen LogP contribution in [0.4, 0.5) is 0 Å². The summed E-state index contributed by atoms with van der Waals surface area (Å²) in [5, 5.41) is 9.97. The summed E-state index contributed by atoms with van der Waals surface area (Å²) >= 11 is 12.0. The van der Waals surface area contributed by atoms with Crippen molar-refractivity contribution in [1.82, 2.24) is 4.90 Å². The number of hydrogen-bond acceptors (Lipinski definition) is 2. The molecule has 3 nitrogen and oxygen atoms in total. The van der Waals surface area contributed by atoms with Gasteiger partial charge >= 0.3 is 0 Å². The molecule has 1 fully saturated rings. The van der Waals surface area contributed by atoms with Gasteiger partial charge in [0.2, 0.25) is 5.91 Å². The third-order valence-electron chi connectivity index (χ3n) is 3.38. The highest BCUT2D eigenvalue weighted by Gasteiger charge is 2.22. The van der Waals surface area contributed by atoms with Crippen molar-refractivity contribution in [3.05, 3.63) is 33.8 Å². The summed E-state index contributed by atoms with van der Waals surface area (Å²) in [6, 6.07) is 7.39. The first-order chi connectivity index (χ1) is 9.10. The number of nitriles is 1. The topological polar surface area (TPSA) is 44.1 Å². The Bertz CT molecular complexity index is 517. The molecule has 19 heavy (non-hydrogen) atoms. The van der Waals surface area contributed by atoms with E-state index in [1.807, 2.05) is 0 Å². The molecule has 1 saturated heterocycles. The largest absolute Gasteiger partial charge is 0.342 e. The summed E-state index contributed by atoms with van der Waals surface area (Å²) in [4.78, 5) is 14.0. The van der Waals surface area contributed by atoms with Crippen molar-refractivity contribution < 1.29 is 4.79 Å². The third-order valence-corrected chi connectivity index (χ3v) is 3.98. The zero-order valence-electron chi connectivity index (χ0n) is 10.4. The van der Waals surface area contributed by atoms with Gasteiger partial charge in [-0.25, -0.2) is 0 Å². The van der Waals surface area contributed by atoms with Crippen LogP contribution in [-0.2, 0) is 11.2 Å². The molecule has 1 aromatic rings. The van der Waals surface area contributed by atoms with E-state index in [-0.39, 0.29) is 18.2 Å². The molecular formula is C14H14Cl2N2O. The number of halogens is 2. The van der Waals surface area contributed by atoms with Crippen LogP contribution in [0, 0.1) is 17.2 Å². The van der Waals surface area contributed by atoms with E-state index in [0.29, 0.717) is 23.1 Å². The normalized spacial score (nSPS) is 16.2. The average molecular weight is 297 g/mol. The van der Waals surface area contributed by atoms with Crippen molar-refractivity contribution in [3.63, 3.8) is 0 Å². The molecule has 1 aromatic carbocycles. The lowest BCUT2D eigenvalue weighted by atomic mass is 9.98. The van der Waals surface area contributed by atoms with E-state index in [1.54, 1.807) is 23.1 Å². The number of likely N-dealkylation sites (tertiary alicyclic amines) is 1. The lowest BCUT2D eigenvalue weighted by Gasteiger charge is -2.29. The number of piperidine rings is 1. The first-order valence-corrected chi connectivity index (χ1v) is 6.97. The standard InChI is InChI=1S/C14H14Cl2N2O/c15-12-1-2-13(16)11(7-12)8-14(19)18-5-3-10(9-17)4-6-18/h1-2,7,10H,3-6,8H2. The van der Waals surface area contributed by atoms with Crippen molar-refractivity contribution in [2.75, 3.05) is 13.1 Å². The number of benzene rings is 1. The van der Waals surface area contributed by atoms with Gasteiger partial charge in [0.25, 0.3) is 0 Å². The van der Waals surface area contributed by atoms with Crippen molar-refractivity contribution in [2.45, 2.75) is 19.3 Å². The lowest BCUT2D eigenvalue weighted by Crippen LogP contribution is -2.39. The quantitative estimate of drug-likeness (QED) is 0.840. The zero-order valence-corrected chi connectivity index (χ0v) is 11.9. The van der Waals surface area contributed by atoms with E-state index < -0.39 is 0 Å². The van der Waals surface area contributed by atoms with Crippen LogP contribution < -0.4 is 0 Å². The minimum atomic E-state index is 0.0422. The molecule has 0 saturated carbocycles. The highest BCUT2D eigenvalue weighted by molar-refractivity contribution is 6.33. The van der Waals surface area contributed by atoms with Crippen LogP contribution in [-0.4, -0.2) is 23.9 Å². The number of nitrogens with zero attached hydrogens (tertiary/aromatic N) is 2.